The number of nitrogens with one attached hydrogen (secondary N) is 2. The predicted molar refractivity (Wildman–Crippen MR) is 73.7 cm³/mol. The summed E-state index contributed by atoms with van der Waals surface area (Å²) in [5.74, 6) is 1.08. The lowest BCUT2D eigenvalue weighted by molar-refractivity contribution is 0.180. The van der Waals surface area contributed by atoms with Crippen molar-refractivity contribution in [2.24, 2.45) is 0 Å². The molecule has 1 saturated heterocycles. The minimum absolute atomic E-state index is 0.360. The molecule has 1 aromatic carbocycles. The van der Waals surface area contributed by atoms with E-state index in [2.05, 4.69) is 47.2 Å². The second-order valence-electron chi connectivity index (χ2n) is 5.06. The first kappa shape index (κ1) is 11.7. The summed E-state index contributed by atoms with van der Waals surface area (Å²) in [7, 11) is 0. The number of hydrogen-bond donors (Lipinski definition) is 2. The number of benzene rings is 1. The lowest BCUT2D eigenvalue weighted by Crippen LogP contribution is -2.44. The number of aromatic nitrogens is 2. The number of aromatic amines is 1. The van der Waals surface area contributed by atoms with Crippen molar-refractivity contribution >= 4 is 11.0 Å². The van der Waals surface area contributed by atoms with Crippen LogP contribution in [0.2, 0.25) is 0 Å². The summed E-state index contributed by atoms with van der Waals surface area (Å²) in [6.45, 7) is 8.68. The monoisotopic (exact) mass is 244 g/mol. The van der Waals surface area contributed by atoms with Gasteiger partial charge in [-0.2, -0.15) is 0 Å². The number of piperazine rings is 1. The van der Waals surface area contributed by atoms with Crippen molar-refractivity contribution in [3.8, 4) is 0 Å². The fourth-order valence-corrected chi connectivity index (χ4v) is 2.63. The van der Waals surface area contributed by atoms with Gasteiger partial charge in [0, 0.05) is 26.2 Å². The highest BCUT2D eigenvalue weighted by atomic mass is 15.2. The summed E-state index contributed by atoms with van der Waals surface area (Å²) in [4.78, 5) is 10.7. The summed E-state index contributed by atoms with van der Waals surface area (Å²) in [6.07, 6.45) is 0. The molecule has 1 atom stereocenters. The number of H-pyrrole nitrogens is 1. The molecule has 4 heteroatoms. The second kappa shape index (κ2) is 4.71. The third-order valence-corrected chi connectivity index (χ3v) is 3.83. The molecule has 0 aliphatic carbocycles. The molecule has 96 valence electrons. The summed E-state index contributed by atoms with van der Waals surface area (Å²) in [5, 5.41) is 3.38. The maximum Gasteiger partial charge on any atom is 0.124 e. The molecule has 1 unspecified atom stereocenters. The highest BCUT2D eigenvalue weighted by Crippen LogP contribution is 2.22. The Labute approximate surface area is 107 Å². The number of imidazole rings is 1. The van der Waals surface area contributed by atoms with Crippen molar-refractivity contribution in [2.45, 2.75) is 19.9 Å². The Bertz CT molecular complexity index is 540. The number of aryl methyl sites for hydroxylation is 1. The van der Waals surface area contributed by atoms with Crippen LogP contribution in [0.3, 0.4) is 0 Å². The van der Waals surface area contributed by atoms with Crippen molar-refractivity contribution in [3.63, 3.8) is 0 Å². The van der Waals surface area contributed by atoms with E-state index in [-0.39, 0.29) is 0 Å². The lowest BCUT2D eigenvalue weighted by Gasteiger charge is -2.31. The molecule has 0 radical (unpaired) electrons. The molecule has 2 heterocycles. The number of nitrogens with zero attached hydrogens (tertiary/aromatic N) is 2. The van der Waals surface area contributed by atoms with Crippen molar-refractivity contribution in [2.75, 3.05) is 26.2 Å². The van der Waals surface area contributed by atoms with E-state index in [0.717, 1.165) is 43.0 Å². The van der Waals surface area contributed by atoms with Gasteiger partial charge in [-0.15, -0.1) is 0 Å². The molecular formula is C14H20N4. The van der Waals surface area contributed by atoms with Gasteiger partial charge in [0.25, 0.3) is 0 Å². The van der Waals surface area contributed by atoms with Gasteiger partial charge < -0.3 is 10.3 Å². The molecule has 18 heavy (non-hydrogen) atoms. The second-order valence-corrected chi connectivity index (χ2v) is 5.06. The van der Waals surface area contributed by atoms with E-state index in [9.17, 15) is 0 Å². The van der Waals surface area contributed by atoms with Crippen LogP contribution >= 0.6 is 0 Å². The molecule has 0 amide bonds. The Kier molecular flexibility index (Phi) is 3.06. The Morgan fingerprint density at radius 2 is 2.06 bits per heavy atom. The highest BCUT2D eigenvalue weighted by Gasteiger charge is 2.20. The normalized spacial score (nSPS) is 19.2. The van der Waals surface area contributed by atoms with E-state index in [1.807, 2.05) is 0 Å². The van der Waals surface area contributed by atoms with Crippen molar-refractivity contribution in [3.05, 3.63) is 29.6 Å². The largest absolute Gasteiger partial charge is 0.341 e. The smallest absolute Gasteiger partial charge is 0.124 e. The van der Waals surface area contributed by atoms with Gasteiger partial charge in [0.1, 0.15) is 5.82 Å². The zero-order valence-corrected chi connectivity index (χ0v) is 11.0. The molecule has 0 saturated carbocycles. The van der Waals surface area contributed by atoms with Gasteiger partial charge >= 0.3 is 0 Å². The fourth-order valence-electron chi connectivity index (χ4n) is 2.63. The molecule has 2 aromatic rings. The van der Waals surface area contributed by atoms with Gasteiger partial charge in [-0.1, -0.05) is 12.1 Å². The summed E-state index contributed by atoms with van der Waals surface area (Å²) >= 11 is 0. The maximum absolute atomic E-state index is 4.77. The third kappa shape index (κ3) is 2.02. The van der Waals surface area contributed by atoms with Crippen LogP contribution in [0.4, 0.5) is 0 Å². The SMILES string of the molecule is Cc1cccc2[nH]c(C(C)N3CCNCC3)nc12. The van der Waals surface area contributed by atoms with E-state index >= 15 is 0 Å². The van der Waals surface area contributed by atoms with Crippen LogP contribution in [0, 0.1) is 6.92 Å². The standard InChI is InChI=1S/C14H20N4/c1-10-4-3-5-12-13(10)17-14(16-12)11(2)18-8-6-15-7-9-18/h3-5,11,15H,6-9H2,1-2H3,(H,16,17). The topological polar surface area (TPSA) is 44.0 Å². The van der Waals surface area contributed by atoms with Crippen LogP contribution in [-0.2, 0) is 0 Å². The first-order valence-electron chi connectivity index (χ1n) is 6.66. The predicted octanol–water partition coefficient (Wildman–Crippen LogP) is 1.84. The quantitative estimate of drug-likeness (QED) is 0.847. The van der Waals surface area contributed by atoms with Crippen LogP contribution in [0.15, 0.2) is 18.2 Å². The lowest BCUT2D eigenvalue weighted by atomic mass is 10.2. The van der Waals surface area contributed by atoms with Gasteiger partial charge in [-0.25, -0.2) is 4.98 Å². The first-order chi connectivity index (χ1) is 8.75. The Morgan fingerprint density at radius 1 is 1.28 bits per heavy atom. The number of fused-ring (bicyclic) bond motifs is 1. The van der Waals surface area contributed by atoms with Gasteiger partial charge in [0.15, 0.2) is 0 Å². The van der Waals surface area contributed by atoms with Crippen LogP contribution in [-0.4, -0.2) is 41.0 Å². The van der Waals surface area contributed by atoms with Crippen LogP contribution in [0.5, 0.6) is 0 Å². The first-order valence-corrected chi connectivity index (χ1v) is 6.66. The molecule has 0 spiro atoms. The van der Waals surface area contributed by atoms with Gasteiger partial charge in [-0.05, 0) is 25.5 Å². The minimum atomic E-state index is 0.360. The van der Waals surface area contributed by atoms with E-state index in [4.69, 9.17) is 4.98 Å². The molecule has 4 nitrogen and oxygen atoms in total. The van der Waals surface area contributed by atoms with E-state index < -0.39 is 0 Å². The van der Waals surface area contributed by atoms with Crippen LogP contribution in [0.1, 0.15) is 24.4 Å². The van der Waals surface area contributed by atoms with E-state index in [0.29, 0.717) is 6.04 Å². The zero-order chi connectivity index (χ0) is 12.5. The molecule has 1 fully saturated rings. The average molecular weight is 244 g/mol. The maximum atomic E-state index is 4.77. The summed E-state index contributed by atoms with van der Waals surface area (Å²) in [6, 6.07) is 6.65. The van der Waals surface area contributed by atoms with Gasteiger partial charge in [0.05, 0.1) is 17.1 Å². The van der Waals surface area contributed by atoms with Gasteiger partial charge in [-0.3, -0.25) is 4.90 Å². The minimum Gasteiger partial charge on any atom is -0.341 e. The Balaban J connectivity index is 1.91. The average Bonchev–Trinajstić information content (AvgIpc) is 2.84. The van der Waals surface area contributed by atoms with E-state index in [1.54, 1.807) is 0 Å². The Hall–Kier alpha value is -1.39. The molecule has 3 rings (SSSR count). The Morgan fingerprint density at radius 3 is 2.78 bits per heavy atom. The third-order valence-electron chi connectivity index (χ3n) is 3.83. The fraction of sp³-hybridized carbons (Fsp3) is 0.500. The van der Waals surface area contributed by atoms with Gasteiger partial charge in [0.2, 0.25) is 0 Å². The summed E-state index contributed by atoms with van der Waals surface area (Å²) in [5.41, 5.74) is 3.49. The molecule has 1 aromatic heterocycles. The summed E-state index contributed by atoms with van der Waals surface area (Å²) < 4.78 is 0. The molecule has 0 bridgehead atoms. The number of para-hydroxylation sites is 1. The van der Waals surface area contributed by atoms with Crippen LogP contribution < -0.4 is 5.32 Å². The zero-order valence-electron chi connectivity index (χ0n) is 11.0. The number of hydrogen-bond acceptors (Lipinski definition) is 3. The van der Waals surface area contributed by atoms with Crippen molar-refractivity contribution in [1.29, 1.82) is 0 Å². The molecule has 1 aliphatic heterocycles. The number of rotatable bonds is 2. The molecular weight excluding hydrogens is 224 g/mol. The van der Waals surface area contributed by atoms with E-state index in [1.165, 1.54) is 5.56 Å². The van der Waals surface area contributed by atoms with Crippen LogP contribution in [0.25, 0.3) is 11.0 Å². The molecule has 2 N–H and O–H groups in total. The highest BCUT2D eigenvalue weighted by molar-refractivity contribution is 5.78. The molecule has 1 aliphatic rings. The van der Waals surface area contributed by atoms with Crippen molar-refractivity contribution < 1.29 is 0 Å². The van der Waals surface area contributed by atoms with Crippen molar-refractivity contribution in [1.82, 2.24) is 20.2 Å².